The maximum Gasteiger partial charge on any atom is 0.243 e. The molecule has 0 unspecified atom stereocenters. The van der Waals surface area contributed by atoms with Gasteiger partial charge in [0.05, 0.1) is 0 Å². The van der Waals surface area contributed by atoms with Gasteiger partial charge in [-0.15, -0.1) is 0 Å². The fourth-order valence-electron chi connectivity index (χ4n) is 2.17. The van der Waals surface area contributed by atoms with E-state index in [1.54, 1.807) is 13.1 Å². The standard InChI is InChI=1S/C13H19FN2O2S2/c1-15-9-10-2-3-13(12(14)8-10)20(17,18)16-11-4-6-19-7-5-11/h2-3,8,11,15-16H,4-7,9H2,1H3. The van der Waals surface area contributed by atoms with E-state index in [2.05, 4.69) is 10.0 Å². The summed E-state index contributed by atoms with van der Waals surface area (Å²) in [5.41, 5.74) is 0.720. The zero-order valence-electron chi connectivity index (χ0n) is 11.4. The summed E-state index contributed by atoms with van der Waals surface area (Å²) >= 11 is 1.82. The van der Waals surface area contributed by atoms with Gasteiger partial charge in [0.2, 0.25) is 10.0 Å². The van der Waals surface area contributed by atoms with Gasteiger partial charge in [-0.05, 0) is 49.1 Å². The zero-order valence-corrected chi connectivity index (χ0v) is 13.0. The van der Waals surface area contributed by atoms with E-state index >= 15 is 0 Å². The molecule has 1 fully saturated rings. The molecule has 0 radical (unpaired) electrons. The molecule has 2 rings (SSSR count). The third-order valence-corrected chi connectivity index (χ3v) is 5.81. The first-order valence-electron chi connectivity index (χ1n) is 6.56. The smallest absolute Gasteiger partial charge is 0.243 e. The Morgan fingerprint density at radius 3 is 2.65 bits per heavy atom. The topological polar surface area (TPSA) is 58.2 Å². The number of hydrogen-bond donors (Lipinski definition) is 2. The number of nitrogens with one attached hydrogen (secondary N) is 2. The van der Waals surface area contributed by atoms with Gasteiger partial charge in [-0.1, -0.05) is 6.07 Å². The van der Waals surface area contributed by atoms with Gasteiger partial charge in [-0.3, -0.25) is 0 Å². The van der Waals surface area contributed by atoms with Crippen LogP contribution in [-0.4, -0.2) is 33.0 Å². The molecule has 0 saturated carbocycles. The van der Waals surface area contributed by atoms with E-state index < -0.39 is 15.8 Å². The molecule has 7 heteroatoms. The fraction of sp³-hybridized carbons (Fsp3) is 0.538. The Hall–Kier alpha value is -0.630. The lowest BCUT2D eigenvalue weighted by molar-refractivity contribution is 0.519. The van der Waals surface area contributed by atoms with E-state index in [1.807, 2.05) is 11.8 Å². The summed E-state index contributed by atoms with van der Waals surface area (Å²) in [5.74, 6) is 1.18. The maximum atomic E-state index is 14.0. The highest BCUT2D eigenvalue weighted by molar-refractivity contribution is 7.99. The second-order valence-electron chi connectivity index (χ2n) is 4.80. The summed E-state index contributed by atoms with van der Waals surface area (Å²) in [6.45, 7) is 0.504. The van der Waals surface area contributed by atoms with Crippen LogP contribution in [0.3, 0.4) is 0 Å². The van der Waals surface area contributed by atoms with Crippen molar-refractivity contribution in [2.45, 2.75) is 30.3 Å². The fourth-order valence-corrected chi connectivity index (χ4v) is 4.65. The van der Waals surface area contributed by atoms with Crippen molar-refractivity contribution in [1.82, 2.24) is 10.0 Å². The zero-order chi connectivity index (χ0) is 14.6. The summed E-state index contributed by atoms with van der Waals surface area (Å²) in [6, 6.07) is 4.15. The second-order valence-corrected chi connectivity index (χ2v) is 7.71. The summed E-state index contributed by atoms with van der Waals surface area (Å²) in [5, 5.41) is 2.90. The lowest BCUT2D eigenvalue weighted by atomic mass is 10.2. The van der Waals surface area contributed by atoms with Gasteiger partial charge in [-0.2, -0.15) is 11.8 Å². The molecule has 1 aromatic rings. The molecule has 0 aliphatic carbocycles. The normalized spacial score (nSPS) is 17.3. The Kier molecular flexibility index (Phi) is 5.42. The molecule has 4 nitrogen and oxygen atoms in total. The van der Waals surface area contributed by atoms with Gasteiger partial charge in [0.1, 0.15) is 10.7 Å². The molecule has 2 N–H and O–H groups in total. The van der Waals surface area contributed by atoms with Crippen LogP contribution in [0.2, 0.25) is 0 Å². The third-order valence-electron chi connectivity index (χ3n) is 3.21. The van der Waals surface area contributed by atoms with E-state index in [0.717, 1.165) is 29.9 Å². The minimum atomic E-state index is -3.78. The Labute approximate surface area is 123 Å². The van der Waals surface area contributed by atoms with Gasteiger partial charge < -0.3 is 5.32 Å². The van der Waals surface area contributed by atoms with E-state index in [0.29, 0.717) is 6.54 Å². The highest BCUT2D eigenvalue weighted by Gasteiger charge is 2.24. The molecule has 112 valence electrons. The van der Waals surface area contributed by atoms with E-state index in [1.165, 1.54) is 12.1 Å². The number of thioether (sulfide) groups is 1. The van der Waals surface area contributed by atoms with Crippen LogP contribution < -0.4 is 10.0 Å². The van der Waals surface area contributed by atoms with Crippen LogP contribution in [0.15, 0.2) is 23.1 Å². The van der Waals surface area contributed by atoms with Crippen LogP contribution in [0.1, 0.15) is 18.4 Å². The Balaban J connectivity index is 2.16. The van der Waals surface area contributed by atoms with Crippen LogP contribution in [0.25, 0.3) is 0 Å². The molecule has 1 saturated heterocycles. The summed E-state index contributed by atoms with van der Waals surface area (Å²) in [7, 11) is -2.02. The predicted molar refractivity (Wildman–Crippen MR) is 79.8 cm³/mol. The van der Waals surface area contributed by atoms with E-state index in [4.69, 9.17) is 0 Å². The van der Waals surface area contributed by atoms with Crippen molar-refractivity contribution >= 4 is 21.8 Å². The average Bonchev–Trinajstić information content (AvgIpc) is 2.39. The van der Waals surface area contributed by atoms with Crippen LogP contribution in [0, 0.1) is 5.82 Å². The SMILES string of the molecule is CNCc1ccc(S(=O)(=O)NC2CCSCC2)c(F)c1. The van der Waals surface area contributed by atoms with Crippen molar-refractivity contribution < 1.29 is 12.8 Å². The lowest BCUT2D eigenvalue weighted by Crippen LogP contribution is -2.37. The number of hydrogen-bond acceptors (Lipinski definition) is 4. The van der Waals surface area contributed by atoms with Crippen molar-refractivity contribution in [3.63, 3.8) is 0 Å². The Bertz CT molecular complexity index is 557. The number of sulfonamides is 1. The molecule has 0 spiro atoms. The summed E-state index contributed by atoms with van der Waals surface area (Å²) in [6.07, 6.45) is 1.59. The van der Waals surface area contributed by atoms with Crippen molar-refractivity contribution in [2.75, 3.05) is 18.6 Å². The quantitative estimate of drug-likeness (QED) is 0.868. The average molecular weight is 318 g/mol. The molecular weight excluding hydrogens is 299 g/mol. The molecule has 0 amide bonds. The Morgan fingerprint density at radius 2 is 2.05 bits per heavy atom. The van der Waals surface area contributed by atoms with Crippen molar-refractivity contribution in [2.24, 2.45) is 0 Å². The molecule has 20 heavy (non-hydrogen) atoms. The molecule has 0 bridgehead atoms. The largest absolute Gasteiger partial charge is 0.316 e. The lowest BCUT2D eigenvalue weighted by Gasteiger charge is -2.22. The summed E-state index contributed by atoms with van der Waals surface area (Å²) < 4.78 is 41.0. The molecule has 1 aromatic carbocycles. The number of rotatable bonds is 5. The van der Waals surface area contributed by atoms with Crippen molar-refractivity contribution in [3.8, 4) is 0 Å². The van der Waals surface area contributed by atoms with Crippen molar-refractivity contribution in [1.29, 1.82) is 0 Å². The number of halogens is 1. The first-order valence-corrected chi connectivity index (χ1v) is 9.20. The van der Waals surface area contributed by atoms with Crippen LogP contribution in [0.4, 0.5) is 4.39 Å². The van der Waals surface area contributed by atoms with Crippen LogP contribution in [-0.2, 0) is 16.6 Å². The molecule has 1 aliphatic rings. The minimum absolute atomic E-state index is 0.0855. The molecule has 0 atom stereocenters. The molecule has 0 aromatic heterocycles. The van der Waals surface area contributed by atoms with Crippen molar-refractivity contribution in [3.05, 3.63) is 29.6 Å². The van der Waals surface area contributed by atoms with E-state index in [-0.39, 0.29) is 10.9 Å². The first kappa shape index (κ1) is 15.8. The van der Waals surface area contributed by atoms with Gasteiger partial charge in [0.15, 0.2) is 0 Å². The van der Waals surface area contributed by atoms with Gasteiger partial charge in [-0.25, -0.2) is 17.5 Å². The third kappa shape index (κ3) is 3.94. The highest BCUT2D eigenvalue weighted by atomic mass is 32.2. The second kappa shape index (κ2) is 6.89. The van der Waals surface area contributed by atoms with Crippen LogP contribution >= 0.6 is 11.8 Å². The Morgan fingerprint density at radius 1 is 1.35 bits per heavy atom. The molecule has 1 heterocycles. The minimum Gasteiger partial charge on any atom is -0.316 e. The molecular formula is C13H19FN2O2S2. The molecule has 1 aliphatic heterocycles. The predicted octanol–water partition coefficient (Wildman–Crippen LogP) is 1.72. The first-order chi connectivity index (χ1) is 9.53. The van der Waals surface area contributed by atoms with Gasteiger partial charge in [0, 0.05) is 12.6 Å². The maximum absolute atomic E-state index is 14.0. The highest BCUT2D eigenvalue weighted by Crippen LogP contribution is 2.21. The van der Waals surface area contributed by atoms with E-state index in [9.17, 15) is 12.8 Å². The monoisotopic (exact) mass is 318 g/mol. The number of benzene rings is 1. The van der Waals surface area contributed by atoms with Crippen LogP contribution in [0.5, 0.6) is 0 Å². The summed E-state index contributed by atoms with van der Waals surface area (Å²) in [4.78, 5) is -0.268. The van der Waals surface area contributed by atoms with Gasteiger partial charge in [0.25, 0.3) is 0 Å². The van der Waals surface area contributed by atoms with Gasteiger partial charge >= 0.3 is 0 Å².